The summed E-state index contributed by atoms with van der Waals surface area (Å²) >= 11 is 1.44. The van der Waals surface area contributed by atoms with Gasteiger partial charge in [-0.25, -0.2) is 4.98 Å². The maximum absolute atomic E-state index is 12.6. The molecule has 2 heterocycles. The van der Waals surface area contributed by atoms with Gasteiger partial charge in [-0.15, -0.1) is 11.3 Å². The number of anilines is 1. The molecule has 0 spiro atoms. The highest BCUT2D eigenvalue weighted by atomic mass is 32.1. The van der Waals surface area contributed by atoms with E-state index in [9.17, 15) is 4.79 Å². The quantitative estimate of drug-likeness (QED) is 0.643. The third kappa shape index (κ3) is 5.63. The van der Waals surface area contributed by atoms with Gasteiger partial charge in [-0.1, -0.05) is 36.4 Å². The van der Waals surface area contributed by atoms with E-state index < -0.39 is 0 Å². The number of hydrogen-bond acceptors (Lipinski definition) is 6. The fourth-order valence-electron chi connectivity index (χ4n) is 3.06. The molecule has 3 aromatic rings. The van der Waals surface area contributed by atoms with Gasteiger partial charge < -0.3 is 9.47 Å². The topological polar surface area (TPSA) is 63.7 Å². The van der Waals surface area contributed by atoms with Gasteiger partial charge in [-0.05, 0) is 23.8 Å². The Labute approximate surface area is 174 Å². The highest BCUT2D eigenvalue weighted by Crippen LogP contribution is 2.20. The van der Waals surface area contributed by atoms with Gasteiger partial charge in [-0.3, -0.25) is 15.0 Å². The van der Waals surface area contributed by atoms with Gasteiger partial charge in [-0.2, -0.15) is 0 Å². The number of thiazole rings is 1. The summed E-state index contributed by atoms with van der Waals surface area (Å²) in [5, 5.41) is 5.48. The number of amides is 1. The van der Waals surface area contributed by atoms with Gasteiger partial charge in [0.1, 0.15) is 12.4 Å². The summed E-state index contributed by atoms with van der Waals surface area (Å²) in [5.74, 6) is 0.469. The smallest absolute Gasteiger partial charge is 0.257 e. The Balaban J connectivity index is 1.33. The first-order valence-corrected chi connectivity index (χ1v) is 10.5. The number of nitrogens with one attached hydrogen (secondary N) is 1. The van der Waals surface area contributed by atoms with Crippen LogP contribution in [0, 0.1) is 0 Å². The largest absolute Gasteiger partial charge is 0.489 e. The average Bonchev–Trinajstić information content (AvgIpc) is 3.20. The van der Waals surface area contributed by atoms with E-state index in [4.69, 9.17) is 9.47 Å². The summed E-state index contributed by atoms with van der Waals surface area (Å²) in [6.45, 7) is 4.58. The number of rotatable bonds is 7. The lowest BCUT2D eigenvalue weighted by atomic mass is 10.2. The molecular formula is C22H23N3O3S. The third-order valence-electron chi connectivity index (χ3n) is 4.61. The van der Waals surface area contributed by atoms with Crippen LogP contribution in [0.15, 0.2) is 60.0 Å². The summed E-state index contributed by atoms with van der Waals surface area (Å²) in [6, 6.07) is 17.1. The van der Waals surface area contributed by atoms with Crippen LogP contribution < -0.4 is 10.1 Å². The number of carbonyl (C=O) groups excluding carboxylic acids is 1. The normalized spacial score (nSPS) is 14.5. The van der Waals surface area contributed by atoms with Gasteiger partial charge in [0.25, 0.3) is 5.91 Å². The van der Waals surface area contributed by atoms with Crippen molar-refractivity contribution in [2.24, 2.45) is 0 Å². The summed E-state index contributed by atoms with van der Waals surface area (Å²) in [6.07, 6.45) is 0. The number of morpholine rings is 1. The van der Waals surface area contributed by atoms with Crippen LogP contribution in [0.1, 0.15) is 21.6 Å². The molecule has 1 N–H and O–H groups in total. The van der Waals surface area contributed by atoms with E-state index in [1.54, 1.807) is 12.1 Å². The lowest BCUT2D eigenvalue weighted by Crippen LogP contribution is -2.35. The first-order valence-electron chi connectivity index (χ1n) is 9.59. The number of nitrogens with zero attached hydrogens (tertiary/aromatic N) is 2. The van der Waals surface area contributed by atoms with E-state index in [0.717, 1.165) is 44.1 Å². The van der Waals surface area contributed by atoms with Gasteiger partial charge in [0.05, 0.1) is 18.9 Å². The van der Waals surface area contributed by atoms with Gasteiger partial charge >= 0.3 is 0 Å². The van der Waals surface area contributed by atoms with Crippen LogP contribution in [-0.2, 0) is 17.9 Å². The molecule has 7 heteroatoms. The van der Waals surface area contributed by atoms with Crippen molar-refractivity contribution in [1.29, 1.82) is 0 Å². The molecule has 4 rings (SSSR count). The second-order valence-corrected chi connectivity index (χ2v) is 7.65. The van der Waals surface area contributed by atoms with Crippen LogP contribution in [0.2, 0.25) is 0 Å². The van der Waals surface area contributed by atoms with Crippen LogP contribution >= 0.6 is 11.3 Å². The van der Waals surface area contributed by atoms with Gasteiger partial charge in [0.2, 0.25) is 0 Å². The number of aromatic nitrogens is 1. The van der Waals surface area contributed by atoms with Crippen LogP contribution in [-0.4, -0.2) is 42.1 Å². The maximum atomic E-state index is 12.6. The molecule has 1 saturated heterocycles. The standard InChI is InChI=1S/C22H23N3O3S/c26-21(24-22-23-19(16-29-22)14-25-9-11-27-12-10-25)18-7-4-8-20(13-18)28-15-17-5-2-1-3-6-17/h1-8,13,16H,9-12,14-15H2,(H,23,24,26). The van der Waals surface area contributed by atoms with E-state index in [2.05, 4.69) is 15.2 Å². The maximum Gasteiger partial charge on any atom is 0.257 e. The zero-order chi connectivity index (χ0) is 19.9. The zero-order valence-electron chi connectivity index (χ0n) is 16.0. The molecule has 0 unspecified atom stereocenters. The predicted octanol–water partition coefficient (Wildman–Crippen LogP) is 3.81. The fourth-order valence-corrected chi connectivity index (χ4v) is 3.76. The Hall–Kier alpha value is -2.74. The Kier molecular flexibility index (Phi) is 6.51. The van der Waals surface area contributed by atoms with E-state index in [1.807, 2.05) is 47.8 Å². The number of hydrogen-bond donors (Lipinski definition) is 1. The summed E-state index contributed by atoms with van der Waals surface area (Å²) < 4.78 is 11.2. The zero-order valence-corrected chi connectivity index (χ0v) is 16.9. The molecule has 1 amide bonds. The van der Waals surface area contributed by atoms with Crippen molar-refractivity contribution in [3.63, 3.8) is 0 Å². The number of ether oxygens (including phenoxy) is 2. The molecule has 0 saturated carbocycles. The first kappa shape index (κ1) is 19.6. The molecule has 1 aliphatic heterocycles. The predicted molar refractivity (Wildman–Crippen MR) is 113 cm³/mol. The minimum Gasteiger partial charge on any atom is -0.489 e. The second kappa shape index (κ2) is 9.65. The monoisotopic (exact) mass is 409 g/mol. The van der Waals surface area contributed by atoms with Crippen LogP contribution in [0.4, 0.5) is 5.13 Å². The first-order chi connectivity index (χ1) is 14.3. The fraction of sp³-hybridized carbons (Fsp3) is 0.273. The minimum atomic E-state index is -0.192. The average molecular weight is 410 g/mol. The van der Waals surface area contributed by atoms with Crippen molar-refractivity contribution in [2.45, 2.75) is 13.2 Å². The molecule has 150 valence electrons. The molecule has 1 aliphatic rings. The van der Waals surface area contributed by atoms with Crippen molar-refractivity contribution in [1.82, 2.24) is 9.88 Å². The molecule has 0 bridgehead atoms. The SMILES string of the molecule is O=C(Nc1nc(CN2CCOCC2)cs1)c1cccc(OCc2ccccc2)c1. The minimum absolute atomic E-state index is 0.192. The molecule has 6 nitrogen and oxygen atoms in total. The molecule has 0 atom stereocenters. The molecule has 1 fully saturated rings. The third-order valence-corrected chi connectivity index (χ3v) is 5.41. The van der Waals surface area contributed by atoms with Crippen molar-refractivity contribution in [3.05, 3.63) is 76.8 Å². The van der Waals surface area contributed by atoms with E-state index >= 15 is 0 Å². The Morgan fingerprint density at radius 2 is 1.97 bits per heavy atom. The van der Waals surface area contributed by atoms with Crippen LogP contribution in [0.3, 0.4) is 0 Å². The Bertz CT molecular complexity index is 939. The Morgan fingerprint density at radius 1 is 1.14 bits per heavy atom. The van der Waals surface area contributed by atoms with Crippen molar-refractivity contribution >= 4 is 22.4 Å². The molecule has 1 aromatic heterocycles. The van der Waals surface area contributed by atoms with Crippen molar-refractivity contribution < 1.29 is 14.3 Å². The second-order valence-electron chi connectivity index (χ2n) is 6.79. The summed E-state index contributed by atoms with van der Waals surface area (Å²) in [7, 11) is 0. The van der Waals surface area contributed by atoms with Gasteiger partial charge in [0.15, 0.2) is 5.13 Å². The van der Waals surface area contributed by atoms with E-state index in [1.165, 1.54) is 11.3 Å². The van der Waals surface area contributed by atoms with Crippen molar-refractivity contribution in [3.8, 4) is 5.75 Å². The number of carbonyl (C=O) groups is 1. The Morgan fingerprint density at radius 3 is 2.79 bits per heavy atom. The molecule has 29 heavy (non-hydrogen) atoms. The summed E-state index contributed by atoms with van der Waals surface area (Å²) in [5.41, 5.74) is 2.59. The molecule has 0 radical (unpaired) electrons. The summed E-state index contributed by atoms with van der Waals surface area (Å²) in [4.78, 5) is 19.5. The van der Waals surface area contributed by atoms with Gasteiger partial charge in [0, 0.05) is 30.6 Å². The van der Waals surface area contributed by atoms with E-state index in [-0.39, 0.29) is 5.91 Å². The van der Waals surface area contributed by atoms with Crippen LogP contribution in [0.5, 0.6) is 5.75 Å². The molecular weight excluding hydrogens is 386 g/mol. The van der Waals surface area contributed by atoms with Crippen molar-refractivity contribution in [2.75, 3.05) is 31.6 Å². The van der Waals surface area contributed by atoms with E-state index in [0.29, 0.717) is 23.1 Å². The highest BCUT2D eigenvalue weighted by Gasteiger charge is 2.14. The molecule has 2 aromatic carbocycles. The van der Waals surface area contributed by atoms with Crippen LogP contribution in [0.25, 0.3) is 0 Å². The lowest BCUT2D eigenvalue weighted by molar-refractivity contribution is 0.0337. The lowest BCUT2D eigenvalue weighted by Gasteiger charge is -2.25. The molecule has 0 aliphatic carbocycles. The number of benzene rings is 2. The highest BCUT2D eigenvalue weighted by molar-refractivity contribution is 7.13.